The van der Waals surface area contributed by atoms with Crippen molar-refractivity contribution in [2.45, 2.75) is 38.3 Å². The fraction of sp³-hybridized carbons (Fsp3) is 0.500. The van der Waals surface area contributed by atoms with Gasteiger partial charge in [-0.05, 0) is 25.3 Å². The second kappa shape index (κ2) is 7.91. The minimum atomic E-state index is -0.843. The van der Waals surface area contributed by atoms with Gasteiger partial charge in [-0.1, -0.05) is 30.3 Å². The topological polar surface area (TPSA) is 90.5 Å². The zero-order chi connectivity index (χ0) is 15.9. The summed E-state index contributed by atoms with van der Waals surface area (Å²) >= 11 is 0. The van der Waals surface area contributed by atoms with Crippen molar-refractivity contribution in [2.24, 2.45) is 5.92 Å². The van der Waals surface area contributed by atoms with E-state index in [9.17, 15) is 9.59 Å². The highest BCUT2D eigenvalue weighted by molar-refractivity contribution is 5.80. The summed E-state index contributed by atoms with van der Waals surface area (Å²) in [4.78, 5) is 23.2. The molecule has 120 valence electrons. The Morgan fingerprint density at radius 2 is 2.09 bits per heavy atom. The van der Waals surface area contributed by atoms with Gasteiger partial charge in [-0.15, -0.1) is 0 Å². The first-order valence-electron chi connectivity index (χ1n) is 7.60. The van der Waals surface area contributed by atoms with Crippen LogP contribution in [0.5, 0.6) is 0 Å². The Morgan fingerprint density at radius 3 is 2.68 bits per heavy atom. The van der Waals surface area contributed by atoms with E-state index in [0.29, 0.717) is 19.4 Å². The number of carboxylic acid groups (broad SMARTS) is 1. The minimum Gasteiger partial charge on any atom is -0.481 e. The molecule has 6 heteroatoms. The van der Waals surface area contributed by atoms with Crippen molar-refractivity contribution < 1.29 is 14.7 Å². The van der Waals surface area contributed by atoms with Crippen molar-refractivity contribution in [3.8, 4) is 0 Å². The smallest absolute Gasteiger partial charge is 0.303 e. The number of benzene rings is 1. The van der Waals surface area contributed by atoms with Crippen LogP contribution >= 0.6 is 0 Å². The van der Waals surface area contributed by atoms with Gasteiger partial charge < -0.3 is 10.4 Å². The summed E-state index contributed by atoms with van der Waals surface area (Å²) < 4.78 is 0. The Labute approximate surface area is 130 Å². The molecule has 1 amide bonds. The Kier molecular flexibility index (Phi) is 5.91. The SMILES string of the molecule is CC1NNCC1C(=O)NC(CCC(=O)O)Cc1ccccc1. The molecule has 3 unspecified atom stereocenters. The number of hydrogen-bond acceptors (Lipinski definition) is 4. The molecule has 1 aromatic rings. The van der Waals surface area contributed by atoms with E-state index in [-0.39, 0.29) is 30.3 Å². The van der Waals surface area contributed by atoms with Gasteiger partial charge >= 0.3 is 5.97 Å². The molecule has 0 saturated carbocycles. The second-order valence-corrected chi connectivity index (χ2v) is 5.75. The fourth-order valence-corrected chi connectivity index (χ4v) is 2.66. The molecule has 3 atom stereocenters. The molecule has 0 spiro atoms. The van der Waals surface area contributed by atoms with Gasteiger partial charge in [-0.2, -0.15) is 0 Å². The summed E-state index contributed by atoms with van der Waals surface area (Å²) in [5.41, 5.74) is 7.08. The second-order valence-electron chi connectivity index (χ2n) is 5.75. The molecule has 0 radical (unpaired) electrons. The maximum Gasteiger partial charge on any atom is 0.303 e. The molecule has 1 heterocycles. The summed E-state index contributed by atoms with van der Waals surface area (Å²) in [6.07, 6.45) is 1.12. The number of hydrogen-bond donors (Lipinski definition) is 4. The lowest BCUT2D eigenvalue weighted by Gasteiger charge is -2.21. The van der Waals surface area contributed by atoms with Crippen LogP contribution in [0, 0.1) is 5.92 Å². The van der Waals surface area contributed by atoms with Crippen LogP contribution in [0.15, 0.2) is 30.3 Å². The van der Waals surface area contributed by atoms with Crippen LogP contribution in [0.4, 0.5) is 0 Å². The van der Waals surface area contributed by atoms with E-state index in [4.69, 9.17) is 5.11 Å². The van der Waals surface area contributed by atoms with Crippen molar-refractivity contribution in [1.29, 1.82) is 0 Å². The lowest BCUT2D eigenvalue weighted by Crippen LogP contribution is -2.44. The fourth-order valence-electron chi connectivity index (χ4n) is 2.66. The van der Waals surface area contributed by atoms with Crippen molar-refractivity contribution >= 4 is 11.9 Å². The Hall–Kier alpha value is -1.92. The highest BCUT2D eigenvalue weighted by Gasteiger charge is 2.30. The van der Waals surface area contributed by atoms with Crippen molar-refractivity contribution in [1.82, 2.24) is 16.2 Å². The normalized spacial score (nSPS) is 22.2. The number of nitrogens with one attached hydrogen (secondary N) is 3. The van der Waals surface area contributed by atoms with Crippen LogP contribution in [0.25, 0.3) is 0 Å². The van der Waals surface area contributed by atoms with Gasteiger partial charge in [-0.3, -0.25) is 20.4 Å². The van der Waals surface area contributed by atoms with Crippen LogP contribution in [0.3, 0.4) is 0 Å². The van der Waals surface area contributed by atoms with Crippen LogP contribution in [-0.2, 0) is 16.0 Å². The number of hydrazine groups is 1. The molecule has 1 aliphatic rings. The summed E-state index contributed by atoms with van der Waals surface area (Å²) in [5.74, 6) is -1.01. The van der Waals surface area contributed by atoms with Gasteiger partial charge in [0.25, 0.3) is 0 Å². The molecule has 0 aliphatic carbocycles. The van der Waals surface area contributed by atoms with Gasteiger partial charge in [0.1, 0.15) is 0 Å². The Bertz CT molecular complexity index is 507. The summed E-state index contributed by atoms with van der Waals surface area (Å²) in [6.45, 7) is 2.54. The largest absolute Gasteiger partial charge is 0.481 e. The van der Waals surface area contributed by atoms with E-state index in [1.54, 1.807) is 0 Å². The highest BCUT2D eigenvalue weighted by atomic mass is 16.4. The van der Waals surface area contributed by atoms with E-state index in [1.807, 2.05) is 37.3 Å². The summed E-state index contributed by atoms with van der Waals surface area (Å²) in [6, 6.07) is 9.70. The molecular formula is C16H23N3O3. The number of carbonyl (C=O) groups excluding carboxylic acids is 1. The molecule has 0 bridgehead atoms. The molecule has 22 heavy (non-hydrogen) atoms. The lowest BCUT2D eigenvalue weighted by molar-refractivity contribution is -0.137. The third kappa shape index (κ3) is 4.82. The average Bonchev–Trinajstić information content (AvgIpc) is 2.92. The summed E-state index contributed by atoms with van der Waals surface area (Å²) in [5, 5.41) is 11.9. The molecule has 0 aromatic heterocycles. The standard InChI is InChI=1S/C16H23N3O3/c1-11-14(10-17-19-11)16(22)18-13(7-8-15(20)21)9-12-5-3-2-4-6-12/h2-6,11,13-14,17,19H,7-10H2,1H3,(H,18,22)(H,20,21). The first-order chi connectivity index (χ1) is 10.6. The number of amides is 1. The monoisotopic (exact) mass is 305 g/mol. The van der Waals surface area contributed by atoms with Crippen LogP contribution in [0.1, 0.15) is 25.3 Å². The Balaban J connectivity index is 1.97. The predicted octanol–water partition coefficient (Wildman–Crippen LogP) is 0.691. The van der Waals surface area contributed by atoms with Crippen molar-refractivity contribution in [2.75, 3.05) is 6.54 Å². The third-order valence-corrected chi connectivity index (χ3v) is 3.97. The van der Waals surface area contributed by atoms with E-state index in [2.05, 4.69) is 16.2 Å². The zero-order valence-corrected chi connectivity index (χ0v) is 12.7. The van der Waals surface area contributed by atoms with Crippen LogP contribution in [-0.4, -0.2) is 35.6 Å². The maximum atomic E-state index is 12.4. The predicted molar refractivity (Wildman–Crippen MR) is 83.0 cm³/mol. The molecular weight excluding hydrogens is 282 g/mol. The van der Waals surface area contributed by atoms with Gasteiger partial charge in [0, 0.05) is 25.0 Å². The molecule has 4 N–H and O–H groups in total. The van der Waals surface area contributed by atoms with E-state index < -0.39 is 5.97 Å². The van der Waals surface area contributed by atoms with Crippen LogP contribution in [0.2, 0.25) is 0 Å². The first kappa shape index (κ1) is 16.5. The molecule has 1 aromatic carbocycles. The van der Waals surface area contributed by atoms with Gasteiger partial charge in [-0.25, -0.2) is 0 Å². The lowest BCUT2D eigenvalue weighted by atomic mass is 9.98. The van der Waals surface area contributed by atoms with Gasteiger partial charge in [0.15, 0.2) is 0 Å². The van der Waals surface area contributed by atoms with Crippen molar-refractivity contribution in [3.05, 3.63) is 35.9 Å². The molecule has 1 fully saturated rings. The third-order valence-electron chi connectivity index (χ3n) is 3.97. The number of rotatable bonds is 7. The highest BCUT2D eigenvalue weighted by Crippen LogP contribution is 2.12. The average molecular weight is 305 g/mol. The maximum absolute atomic E-state index is 12.4. The number of carbonyl (C=O) groups is 2. The van der Waals surface area contributed by atoms with E-state index in [0.717, 1.165) is 5.56 Å². The quantitative estimate of drug-likeness (QED) is 0.595. The minimum absolute atomic E-state index is 0.0312. The molecule has 2 rings (SSSR count). The van der Waals surface area contributed by atoms with E-state index in [1.165, 1.54) is 0 Å². The molecule has 1 aliphatic heterocycles. The van der Waals surface area contributed by atoms with Crippen molar-refractivity contribution in [3.63, 3.8) is 0 Å². The van der Waals surface area contributed by atoms with E-state index >= 15 is 0 Å². The van der Waals surface area contributed by atoms with Gasteiger partial charge in [0.05, 0.1) is 5.92 Å². The molecule has 6 nitrogen and oxygen atoms in total. The Morgan fingerprint density at radius 1 is 1.36 bits per heavy atom. The van der Waals surface area contributed by atoms with Crippen LogP contribution < -0.4 is 16.2 Å². The van der Waals surface area contributed by atoms with Gasteiger partial charge in [0.2, 0.25) is 5.91 Å². The molecule has 1 saturated heterocycles. The first-order valence-corrected chi connectivity index (χ1v) is 7.60. The zero-order valence-electron chi connectivity index (χ0n) is 12.7. The number of carboxylic acids is 1. The number of aliphatic carboxylic acids is 1. The summed E-state index contributed by atoms with van der Waals surface area (Å²) in [7, 11) is 0.